The molecule has 0 aromatic heterocycles. The van der Waals surface area contributed by atoms with Crippen LogP contribution in [0.15, 0.2) is 65.4 Å². The highest BCUT2D eigenvalue weighted by Gasteiger charge is 2.14. The van der Waals surface area contributed by atoms with Crippen LogP contribution in [0.1, 0.15) is 0 Å². The van der Waals surface area contributed by atoms with Gasteiger partial charge >= 0.3 is 6.09 Å². The van der Waals surface area contributed by atoms with E-state index >= 15 is 0 Å². The summed E-state index contributed by atoms with van der Waals surface area (Å²) in [4.78, 5) is 25.7. The lowest BCUT2D eigenvalue weighted by Gasteiger charge is -2.11. The number of hydrogen-bond acceptors (Lipinski definition) is 7. The Morgan fingerprint density at radius 1 is 1.21 bits per heavy atom. The minimum Gasteiger partial charge on any atom is -0.436 e. The van der Waals surface area contributed by atoms with Crippen molar-refractivity contribution in [2.45, 2.75) is 0 Å². The Bertz CT molecular complexity index is 915. The van der Waals surface area contributed by atoms with Crippen LogP contribution in [0.25, 0.3) is 0 Å². The quantitative estimate of drug-likeness (QED) is 0.340. The van der Waals surface area contributed by atoms with Crippen molar-refractivity contribution in [2.75, 3.05) is 14.1 Å². The lowest BCUT2D eigenvalue weighted by Crippen LogP contribution is -2.33. The van der Waals surface area contributed by atoms with E-state index < -0.39 is 22.5 Å². The van der Waals surface area contributed by atoms with Crippen molar-refractivity contribution in [1.82, 2.24) is 10.6 Å². The van der Waals surface area contributed by atoms with Crippen molar-refractivity contribution >= 4 is 17.7 Å². The zero-order chi connectivity index (χ0) is 20.5. The molecule has 2 N–H and O–H groups in total. The summed E-state index contributed by atoms with van der Waals surface area (Å²) in [6.07, 6.45) is 0.538. The fraction of sp³-hybridized carbons (Fsp3) is 0.111. The molecule has 2 rings (SSSR count). The molecule has 28 heavy (non-hydrogen) atoms. The van der Waals surface area contributed by atoms with Crippen LogP contribution in [0.5, 0.6) is 11.5 Å². The average Bonchev–Trinajstić information content (AvgIpc) is 2.68. The number of rotatable bonds is 6. The van der Waals surface area contributed by atoms with Gasteiger partial charge in [-0.15, -0.1) is 0 Å². The molecule has 0 aliphatic rings. The molecule has 0 radical (unpaired) electrons. The Morgan fingerprint density at radius 2 is 1.93 bits per heavy atom. The number of benzene rings is 2. The fourth-order valence-electron chi connectivity index (χ4n) is 1.96. The maximum absolute atomic E-state index is 14.0. The third-order valence-electron chi connectivity index (χ3n) is 3.29. The molecule has 0 aliphatic carbocycles. The smallest absolute Gasteiger partial charge is 0.418 e. The van der Waals surface area contributed by atoms with Gasteiger partial charge in [0.1, 0.15) is 11.6 Å². The molecule has 0 saturated heterocycles. The summed E-state index contributed by atoms with van der Waals surface area (Å²) in [7, 11) is 2.93. The van der Waals surface area contributed by atoms with E-state index in [0.717, 1.165) is 18.2 Å². The number of nitrogens with zero attached hydrogens (tertiary/aromatic N) is 2. The number of hydrogen-bond donors (Lipinski definition) is 2. The Kier molecular flexibility index (Phi) is 7.03. The highest BCUT2D eigenvalue weighted by molar-refractivity contribution is 5.90. The van der Waals surface area contributed by atoms with Crippen LogP contribution < -0.4 is 20.1 Å². The molecule has 0 fully saturated rings. The summed E-state index contributed by atoms with van der Waals surface area (Å²) in [6.45, 7) is 0. The average molecular weight is 388 g/mol. The van der Waals surface area contributed by atoms with E-state index in [0.29, 0.717) is 5.75 Å². The number of nitro groups is 1. The minimum atomic E-state index is -0.925. The Balaban J connectivity index is 2.08. The van der Waals surface area contributed by atoms with Crippen molar-refractivity contribution in [1.29, 1.82) is 0 Å². The maximum atomic E-state index is 14.0. The topological polar surface area (TPSA) is 115 Å². The van der Waals surface area contributed by atoms with E-state index in [1.165, 1.54) is 20.2 Å². The first-order chi connectivity index (χ1) is 13.4. The number of nitrogens with one attached hydrogen (secondary N) is 2. The highest BCUT2D eigenvalue weighted by atomic mass is 19.1. The summed E-state index contributed by atoms with van der Waals surface area (Å²) in [5.74, 6) is -0.721. The van der Waals surface area contributed by atoms with Gasteiger partial charge in [0, 0.05) is 26.2 Å². The molecule has 0 aliphatic heterocycles. The maximum Gasteiger partial charge on any atom is 0.418 e. The van der Waals surface area contributed by atoms with E-state index in [4.69, 9.17) is 9.47 Å². The third kappa shape index (κ3) is 5.80. The molecule has 0 spiro atoms. The number of amides is 1. The normalized spacial score (nSPS) is 11.5. The van der Waals surface area contributed by atoms with Crippen LogP contribution in [0, 0.1) is 15.9 Å². The third-order valence-corrected chi connectivity index (χ3v) is 3.29. The van der Waals surface area contributed by atoms with E-state index in [-0.39, 0.29) is 17.5 Å². The van der Waals surface area contributed by atoms with Gasteiger partial charge in [-0.05, 0) is 18.2 Å². The largest absolute Gasteiger partial charge is 0.436 e. The zero-order valence-corrected chi connectivity index (χ0v) is 15.0. The molecule has 0 saturated carbocycles. The summed E-state index contributed by atoms with van der Waals surface area (Å²) < 4.78 is 24.4. The van der Waals surface area contributed by atoms with Crippen LogP contribution in [0.2, 0.25) is 0 Å². The molecular weight excluding hydrogens is 371 g/mol. The molecule has 2 aromatic carbocycles. The Morgan fingerprint density at radius 3 is 2.50 bits per heavy atom. The summed E-state index contributed by atoms with van der Waals surface area (Å²) in [5.41, 5.74) is -0.406. The first-order valence-electron chi connectivity index (χ1n) is 7.95. The van der Waals surface area contributed by atoms with Gasteiger partial charge in [0.25, 0.3) is 5.69 Å². The monoisotopic (exact) mass is 388 g/mol. The summed E-state index contributed by atoms with van der Waals surface area (Å²) in [5, 5.41) is 15.8. The molecular formula is C18H17FN4O5. The number of ether oxygens (including phenoxy) is 2. The second kappa shape index (κ2) is 9.67. The summed E-state index contributed by atoms with van der Waals surface area (Å²) in [6, 6.07) is 11.4. The molecule has 0 atom stereocenters. The van der Waals surface area contributed by atoms with Gasteiger partial charge in [-0.1, -0.05) is 18.2 Å². The molecule has 0 heterocycles. The first-order valence-corrected chi connectivity index (χ1v) is 7.95. The number of aliphatic imine (C=N–C) groups is 1. The second-order valence-corrected chi connectivity index (χ2v) is 5.17. The van der Waals surface area contributed by atoms with E-state index in [9.17, 15) is 19.3 Å². The van der Waals surface area contributed by atoms with Gasteiger partial charge in [-0.25, -0.2) is 9.18 Å². The lowest BCUT2D eigenvalue weighted by atomic mass is 10.3. The van der Waals surface area contributed by atoms with Gasteiger partial charge in [-0.3, -0.25) is 20.4 Å². The van der Waals surface area contributed by atoms with Crippen LogP contribution >= 0.6 is 0 Å². The van der Waals surface area contributed by atoms with Crippen molar-refractivity contribution in [2.24, 2.45) is 4.99 Å². The molecule has 2 aromatic rings. The molecule has 0 bridgehead atoms. The van der Waals surface area contributed by atoms with Crippen LogP contribution in [-0.4, -0.2) is 31.0 Å². The molecule has 1 amide bonds. The fourth-order valence-corrected chi connectivity index (χ4v) is 1.96. The number of halogens is 1. The van der Waals surface area contributed by atoms with Gasteiger partial charge < -0.3 is 14.8 Å². The zero-order valence-electron chi connectivity index (χ0n) is 15.0. The molecule has 9 nitrogen and oxygen atoms in total. The number of carbonyl (C=O) groups is 1. The van der Waals surface area contributed by atoms with Crippen molar-refractivity contribution in [3.05, 3.63) is 76.4 Å². The first kappa shape index (κ1) is 20.4. The second-order valence-electron chi connectivity index (χ2n) is 5.17. The predicted molar refractivity (Wildman–Crippen MR) is 99.8 cm³/mol. The number of nitro benzene ring substituents is 1. The standard InChI is InChI=1S/C18H17FN4O5/c1-20-16(22-18(24)27-13-6-4-3-5-7-13)11-17(21-2)28-15-9-8-12(23(25)26)10-14(15)19/h3-11,20H,1-2H3,(H,22,24)/b16-11+,21-17?. The summed E-state index contributed by atoms with van der Waals surface area (Å²) >= 11 is 0. The highest BCUT2D eigenvalue weighted by Crippen LogP contribution is 2.22. The number of non-ortho nitro benzene ring substituents is 1. The van der Waals surface area contributed by atoms with Gasteiger partial charge in [0.15, 0.2) is 11.6 Å². The predicted octanol–water partition coefficient (Wildman–Crippen LogP) is 2.99. The van der Waals surface area contributed by atoms with Crippen LogP contribution in [-0.2, 0) is 0 Å². The molecule has 146 valence electrons. The molecule has 10 heteroatoms. The Hall–Kier alpha value is -3.95. The van der Waals surface area contributed by atoms with E-state index in [2.05, 4.69) is 15.6 Å². The lowest BCUT2D eigenvalue weighted by molar-refractivity contribution is -0.385. The van der Waals surface area contributed by atoms with Crippen LogP contribution in [0.3, 0.4) is 0 Å². The Labute approximate surface area is 159 Å². The number of para-hydroxylation sites is 1. The van der Waals surface area contributed by atoms with E-state index in [1.54, 1.807) is 30.3 Å². The number of carbonyl (C=O) groups excluding carboxylic acids is 1. The van der Waals surface area contributed by atoms with Crippen molar-refractivity contribution in [3.8, 4) is 11.5 Å². The van der Waals surface area contributed by atoms with Gasteiger partial charge in [-0.2, -0.15) is 0 Å². The van der Waals surface area contributed by atoms with Crippen molar-refractivity contribution < 1.29 is 23.6 Å². The van der Waals surface area contributed by atoms with Crippen molar-refractivity contribution in [3.63, 3.8) is 0 Å². The van der Waals surface area contributed by atoms with Gasteiger partial charge in [0.2, 0.25) is 5.90 Å². The van der Waals surface area contributed by atoms with E-state index in [1.807, 2.05) is 0 Å². The minimum absolute atomic E-state index is 0.0582. The SMILES string of the molecule is CN=C(/C=C(\NC)NC(=O)Oc1ccccc1)Oc1ccc([N+](=O)[O-])cc1F. The van der Waals surface area contributed by atoms with Crippen LogP contribution in [0.4, 0.5) is 14.9 Å². The molecule has 0 unspecified atom stereocenters. The van der Waals surface area contributed by atoms with Gasteiger partial charge in [0.05, 0.1) is 11.0 Å².